The van der Waals surface area contributed by atoms with Crippen LogP contribution in [-0.4, -0.2) is 27.0 Å². The highest BCUT2D eigenvalue weighted by Gasteiger charge is 2.34. The highest BCUT2D eigenvalue weighted by molar-refractivity contribution is 7.85. The van der Waals surface area contributed by atoms with Crippen LogP contribution in [0.3, 0.4) is 0 Å². The van der Waals surface area contributed by atoms with Crippen molar-refractivity contribution in [3.63, 3.8) is 0 Å². The van der Waals surface area contributed by atoms with Crippen LogP contribution in [0.2, 0.25) is 0 Å². The number of carbonyl (C=O) groups excluding carboxylic acids is 1. The summed E-state index contributed by atoms with van der Waals surface area (Å²) >= 11 is 0. The molecule has 1 aliphatic carbocycles. The largest absolute Gasteiger partial charge is 0.462 e. The fourth-order valence-corrected chi connectivity index (χ4v) is 3.64. The van der Waals surface area contributed by atoms with Crippen LogP contribution in [0.25, 0.3) is 0 Å². The van der Waals surface area contributed by atoms with Crippen molar-refractivity contribution in [2.24, 2.45) is 0 Å². The summed E-state index contributed by atoms with van der Waals surface area (Å²) in [5, 5.41) is 11.0. The first kappa shape index (κ1) is 19.4. The highest BCUT2D eigenvalue weighted by Crippen LogP contribution is 2.34. The van der Waals surface area contributed by atoms with Gasteiger partial charge in [-0.25, -0.2) is 0 Å². The predicted octanol–water partition coefficient (Wildman–Crippen LogP) is 3.60. The lowest BCUT2D eigenvalue weighted by atomic mass is 9.98. The van der Waals surface area contributed by atoms with E-state index >= 15 is 0 Å². The Morgan fingerprint density at radius 2 is 1.92 bits per heavy atom. The van der Waals surface area contributed by atoms with Gasteiger partial charge in [0.15, 0.2) is 0 Å². The van der Waals surface area contributed by atoms with Gasteiger partial charge in [0.2, 0.25) is 0 Å². The van der Waals surface area contributed by atoms with E-state index in [1.165, 1.54) is 0 Å². The smallest absolute Gasteiger partial charge is 0.416 e. The fraction of sp³-hybridized carbons (Fsp3) is 0.533. The van der Waals surface area contributed by atoms with E-state index in [0.717, 1.165) is 25.3 Å². The Morgan fingerprint density at radius 3 is 2.48 bits per heavy atom. The van der Waals surface area contributed by atoms with Crippen molar-refractivity contribution in [2.75, 3.05) is 5.75 Å². The van der Waals surface area contributed by atoms with Gasteiger partial charge < -0.3 is 4.74 Å². The summed E-state index contributed by atoms with van der Waals surface area (Å²) in [5.41, 5.74) is -2.15. The number of nitro groups is 1. The average Bonchev–Trinajstić information content (AvgIpc) is 2.54. The van der Waals surface area contributed by atoms with Crippen molar-refractivity contribution in [3.05, 3.63) is 33.9 Å². The van der Waals surface area contributed by atoms with Crippen LogP contribution in [0.15, 0.2) is 23.1 Å². The summed E-state index contributed by atoms with van der Waals surface area (Å²) in [4.78, 5) is 21.4. The maximum absolute atomic E-state index is 12.7. The van der Waals surface area contributed by atoms with E-state index in [2.05, 4.69) is 0 Å². The van der Waals surface area contributed by atoms with E-state index in [-0.39, 0.29) is 6.10 Å². The van der Waals surface area contributed by atoms with E-state index < -0.39 is 49.8 Å². The van der Waals surface area contributed by atoms with E-state index in [4.69, 9.17) is 4.74 Å². The molecule has 1 atom stereocenters. The van der Waals surface area contributed by atoms with Gasteiger partial charge in [-0.1, -0.05) is 6.42 Å². The SMILES string of the molecule is O=C(C[S@@](=O)c1ccc(C(F)(F)F)cc1[N+](=O)[O-])OC1CCCCC1. The van der Waals surface area contributed by atoms with Crippen LogP contribution in [-0.2, 0) is 26.5 Å². The Hall–Kier alpha value is -1.97. The normalized spacial score (nSPS) is 17.1. The Kier molecular flexibility index (Phi) is 6.15. The molecule has 0 N–H and O–H groups in total. The van der Waals surface area contributed by atoms with E-state index in [1.807, 2.05) is 0 Å². The molecule has 1 saturated carbocycles. The third kappa shape index (κ3) is 5.25. The van der Waals surface area contributed by atoms with Crippen LogP contribution >= 0.6 is 0 Å². The van der Waals surface area contributed by atoms with Crippen LogP contribution in [0.5, 0.6) is 0 Å². The number of esters is 1. The molecule has 1 fully saturated rings. The van der Waals surface area contributed by atoms with Crippen molar-refractivity contribution in [2.45, 2.75) is 49.3 Å². The first-order valence-electron chi connectivity index (χ1n) is 7.62. The first-order valence-corrected chi connectivity index (χ1v) is 8.94. The minimum atomic E-state index is -4.76. The second-order valence-electron chi connectivity index (χ2n) is 5.68. The lowest BCUT2D eigenvalue weighted by Crippen LogP contribution is -2.24. The van der Waals surface area contributed by atoms with E-state index in [1.54, 1.807) is 0 Å². The number of alkyl halides is 3. The molecule has 2 rings (SSSR count). The number of hydrogen-bond donors (Lipinski definition) is 0. The molecule has 0 bridgehead atoms. The van der Waals surface area contributed by atoms with Crippen LogP contribution in [0.1, 0.15) is 37.7 Å². The summed E-state index contributed by atoms with van der Waals surface area (Å²) in [5.74, 6) is -1.41. The molecule has 1 aromatic carbocycles. The molecule has 0 aromatic heterocycles. The molecule has 1 aliphatic rings. The number of ether oxygens (including phenoxy) is 1. The molecule has 0 amide bonds. The molecule has 138 valence electrons. The molecule has 10 heteroatoms. The minimum absolute atomic E-state index is 0.263. The molecule has 0 unspecified atom stereocenters. The van der Waals surface area contributed by atoms with Gasteiger partial charge >= 0.3 is 12.1 Å². The number of carbonyl (C=O) groups is 1. The lowest BCUT2D eigenvalue weighted by Gasteiger charge is -2.21. The zero-order valence-electron chi connectivity index (χ0n) is 13.1. The maximum Gasteiger partial charge on any atom is 0.416 e. The Labute approximate surface area is 144 Å². The van der Waals surface area contributed by atoms with Gasteiger partial charge in [-0.2, -0.15) is 13.2 Å². The molecule has 0 aliphatic heterocycles. The Balaban J connectivity index is 2.12. The molecular weight excluding hydrogens is 363 g/mol. The third-order valence-electron chi connectivity index (χ3n) is 3.83. The highest BCUT2D eigenvalue weighted by atomic mass is 32.2. The number of benzene rings is 1. The van der Waals surface area contributed by atoms with Crippen molar-refractivity contribution >= 4 is 22.5 Å². The third-order valence-corrected chi connectivity index (χ3v) is 5.16. The standard InChI is InChI=1S/C15H16F3NO5S/c16-15(17,18)10-6-7-13(12(8-10)19(21)22)25(23)9-14(20)24-11-4-2-1-3-5-11/h6-8,11H,1-5,9H2/t25-/m1/s1. The maximum atomic E-state index is 12.7. The molecule has 0 radical (unpaired) electrons. The van der Waals surface area contributed by atoms with Crippen molar-refractivity contribution in [3.8, 4) is 0 Å². The quantitative estimate of drug-likeness (QED) is 0.443. The molecule has 25 heavy (non-hydrogen) atoms. The van der Waals surface area contributed by atoms with E-state index in [9.17, 15) is 32.3 Å². The summed E-state index contributed by atoms with van der Waals surface area (Å²) in [6, 6.07) is 1.69. The van der Waals surface area contributed by atoms with Crippen molar-refractivity contribution in [1.29, 1.82) is 0 Å². The lowest BCUT2D eigenvalue weighted by molar-refractivity contribution is -0.388. The number of hydrogen-bond acceptors (Lipinski definition) is 5. The molecule has 6 nitrogen and oxygen atoms in total. The number of nitrogens with zero attached hydrogens (tertiary/aromatic N) is 1. The number of halogens is 3. The van der Waals surface area contributed by atoms with Crippen molar-refractivity contribution in [1.82, 2.24) is 0 Å². The zero-order valence-corrected chi connectivity index (χ0v) is 13.9. The van der Waals surface area contributed by atoms with Gasteiger partial charge in [0, 0.05) is 6.07 Å². The van der Waals surface area contributed by atoms with Crippen molar-refractivity contribution < 1.29 is 31.8 Å². The van der Waals surface area contributed by atoms with Gasteiger partial charge in [0.25, 0.3) is 5.69 Å². The number of rotatable bonds is 5. The van der Waals surface area contributed by atoms with Crippen LogP contribution < -0.4 is 0 Å². The molecular formula is C15H16F3NO5S. The summed E-state index contributed by atoms with van der Waals surface area (Å²) in [6.45, 7) is 0. The molecule has 0 spiro atoms. The Bertz CT molecular complexity index is 686. The fourth-order valence-electron chi connectivity index (χ4n) is 2.62. The first-order chi connectivity index (χ1) is 11.7. The number of nitro benzene ring substituents is 1. The molecule has 1 aromatic rings. The van der Waals surface area contributed by atoms with Gasteiger partial charge in [0.1, 0.15) is 16.8 Å². The second kappa shape index (κ2) is 7.94. The summed E-state index contributed by atoms with van der Waals surface area (Å²) < 4.78 is 55.4. The average molecular weight is 379 g/mol. The minimum Gasteiger partial charge on any atom is -0.462 e. The second-order valence-corrected chi connectivity index (χ2v) is 7.10. The van der Waals surface area contributed by atoms with Crippen LogP contribution in [0, 0.1) is 10.1 Å². The topological polar surface area (TPSA) is 86.5 Å². The van der Waals surface area contributed by atoms with Gasteiger partial charge in [-0.15, -0.1) is 0 Å². The van der Waals surface area contributed by atoms with Gasteiger partial charge in [-0.05, 0) is 37.8 Å². The Morgan fingerprint density at radius 1 is 1.28 bits per heavy atom. The van der Waals surface area contributed by atoms with Gasteiger partial charge in [0.05, 0.1) is 21.3 Å². The zero-order chi connectivity index (χ0) is 18.6. The summed E-state index contributed by atoms with van der Waals surface area (Å²) in [6.07, 6.45) is -0.711. The molecule has 0 saturated heterocycles. The van der Waals surface area contributed by atoms with Crippen LogP contribution in [0.4, 0.5) is 18.9 Å². The monoisotopic (exact) mass is 379 g/mol. The van der Waals surface area contributed by atoms with Gasteiger partial charge in [-0.3, -0.25) is 19.1 Å². The summed E-state index contributed by atoms with van der Waals surface area (Å²) in [7, 11) is -2.17. The predicted molar refractivity (Wildman–Crippen MR) is 82.3 cm³/mol. The molecule has 0 heterocycles. The van der Waals surface area contributed by atoms with E-state index in [0.29, 0.717) is 25.0 Å².